The number of fused-ring (bicyclic) bond motifs is 6. The number of para-hydroxylation sites is 1. The van der Waals surface area contributed by atoms with Gasteiger partial charge in [-0.1, -0.05) is 41.9 Å². The summed E-state index contributed by atoms with van der Waals surface area (Å²) in [6.07, 6.45) is -1.94. The number of hydrogen-bond acceptors (Lipinski definition) is 7. The summed E-state index contributed by atoms with van der Waals surface area (Å²) in [6.45, 7) is 0.202. The first-order chi connectivity index (χ1) is 21.5. The number of anilines is 6. The van der Waals surface area contributed by atoms with Crippen molar-refractivity contribution in [1.82, 2.24) is 15.3 Å². The van der Waals surface area contributed by atoms with Gasteiger partial charge in [0.15, 0.2) is 5.82 Å². The Morgan fingerprint density at radius 3 is 2.38 bits per heavy atom. The lowest BCUT2D eigenvalue weighted by molar-refractivity contribution is -0.192. The normalized spacial score (nSPS) is 11.8. The molecule has 0 spiro atoms. The summed E-state index contributed by atoms with van der Waals surface area (Å²) < 4.78 is 31.7. The standard InChI is InChI=1S/C28H26ClN7O2.C2HF3O2/c29-23-17-31-27-33-21-8-4-5-18(15-21)9-10-19-16-22(32-26(23)36-27)11-12-24(19)35-25(37)13-14-30-28(38)34-20-6-2-1-3-7-20;3-2(4,5)1(6)7/h1-8,11-12,15-17H,9-10,13-14H2,(H,35,37)(H2,30,34,38)(H2,31,32,33,36);(H,6,7). The molecule has 3 aromatic carbocycles. The van der Waals surface area contributed by atoms with Gasteiger partial charge < -0.3 is 31.7 Å². The summed E-state index contributed by atoms with van der Waals surface area (Å²) in [4.78, 5) is 42.5. The number of benzene rings is 3. The first kappa shape index (κ1) is 32.5. The Labute approximate surface area is 260 Å². The minimum atomic E-state index is -5.08. The van der Waals surface area contributed by atoms with Crippen LogP contribution in [0, 0.1) is 0 Å². The van der Waals surface area contributed by atoms with E-state index < -0.39 is 12.1 Å². The van der Waals surface area contributed by atoms with Crippen molar-refractivity contribution in [2.45, 2.75) is 25.4 Å². The molecule has 0 aliphatic carbocycles. The molecular formula is C30H27ClF3N7O4. The first-order valence-corrected chi connectivity index (χ1v) is 13.8. The van der Waals surface area contributed by atoms with Crippen LogP contribution in [0.2, 0.25) is 5.02 Å². The number of carbonyl (C=O) groups is 3. The topological polar surface area (TPSA) is 157 Å². The van der Waals surface area contributed by atoms with E-state index in [9.17, 15) is 22.8 Å². The number of rotatable bonds is 5. The van der Waals surface area contributed by atoms with Crippen LogP contribution in [0.5, 0.6) is 0 Å². The number of halogens is 4. The number of urea groups is 1. The van der Waals surface area contributed by atoms with Crippen LogP contribution in [0.4, 0.5) is 52.5 Å². The monoisotopic (exact) mass is 641 g/mol. The van der Waals surface area contributed by atoms with Crippen molar-refractivity contribution in [3.8, 4) is 0 Å². The molecule has 15 heteroatoms. The number of carbonyl (C=O) groups excluding carboxylic acids is 2. The molecule has 4 aromatic rings. The van der Waals surface area contributed by atoms with Crippen LogP contribution in [0.15, 0.2) is 79.0 Å². The summed E-state index contributed by atoms with van der Waals surface area (Å²) in [7, 11) is 0. The van der Waals surface area contributed by atoms with Crippen LogP contribution >= 0.6 is 11.6 Å². The van der Waals surface area contributed by atoms with E-state index in [1.165, 1.54) is 0 Å². The number of alkyl halides is 3. The van der Waals surface area contributed by atoms with Crippen molar-refractivity contribution in [2.75, 3.05) is 27.8 Å². The van der Waals surface area contributed by atoms with Gasteiger partial charge in [0.05, 0.1) is 6.20 Å². The number of nitrogens with zero attached hydrogens (tertiary/aromatic N) is 2. The molecule has 3 amide bonds. The molecule has 0 saturated carbocycles. The molecule has 5 rings (SSSR count). The number of hydrogen-bond donors (Lipinski definition) is 6. The third-order valence-corrected chi connectivity index (χ3v) is 6.44. The Balaban J connectivity index is 0.000000591. The highest BCUT2D eigenvalue weighted by molar-refractivity contribution is 6.32. The van der Waals surface area contributed by atoms with Crippen molar-refractivity contribution in [2.24, 2.45) is 0 Å². The minimum Gasteiger partial charge on any atom is -0.475 e. The molecule has 45 heavy (non-hydrogen) atoms. The van der Waals surface area contributed by atoms with Gasteiger partial charge >= 0.3 is 18.2 Å². The lowest BCUT2D eigenvalue weighted by Gasteiger charge is -2.15. The molecule has 0 fully saturated rings. The fraction of sp³-hybridized carbons (Fsp3) is 0.167. The van der Waals surface area contributed by atoms with Crippen LogP contribution < -0.4 is 26.6 Å². The molecule has 1 aliphatic heterocycles. The molecule has 2 heterocycles. The Morgan fingerprint density at radius 1 is 0.911 bits per heavy atom. The third-order valence-electron chi connectivity index (χ3n) is 6.16. The highest BCUT2D eigenvalue weighted by Gasteiger charge is 2.38. The van der Waals surface area contributed by atoms with Crippen molar-refractivity contribution in [3.05, 3.63) is 95.1 Å². The number of nitrogens with one attached hydrogen (secondary N) is 5. The SMILES string of the molecule is O=C(CCNC(=O)Nc1ccccc1)Nc1ccc2cc1CCc1cccc(c1)Nc1ncc(Cl)c(n1)N2.O=C(O)C(F)(F)F. The number of carboxylic acid groups (broad SMARTS) is 1. The predicted octanol–water partition coefficient (Wildman–Crippen LogP) is 6.50. The molecular weight excluding hydrogens is 615 g/mol. The Kier molecular flexibility index (Phi) is 10.8. The van der Waals surface area contributed by atoms with Crippen LogP contribution in [0.1, 0.15) is 17.5 Å². The van der Waals surface area contributed by atoms with Crippen molar-refractivity contribution in [1.29, 1.82) is 0 Å². The van der Waals surface area contributed by atoms with Crippen LogP contribution in [0.3, 0.4) is 0 Å². The second-order valence-electron chi connectivity index (χ2n) is 9.56. The summed E-state index contributed by atoms with van der Waals surface area (Å²) in [5.74, 6) is -2.04. The van der Waals surface area contributed by atoms with Gasteiger partial charge in [-0.05, 0) is 66.4 Å². The van der Waals surface area contributed by atoms with E-state index in [0.717, 1.165) is 28.9 Å². The van der Waals surface area contributed by atoms with Crippen LogP contribution in [-0.2, 0) is 22.4 Å². The maximum atomic E-state index is 12.7. The third kappa shape index (κ3) is 10.1. The van der Waals surface area contributed by atoms with Gasteiger partial charge in [-0.25, -0.2) is 14.6 Å². The first-order valence-electron chi connectivity index (χ1n) is 13.4. The van der Waals surface area contributed by atoms with E-state index in [1.807, 2.05) is 48.5 Å². The van der Waals surface area contributed by atoms with Gasteiger partial charge in [0.1, 0.15) is 5.02 Å². The van der Waals surface area contributed by atoms with Gasteiger partial charge in [-0.3, -0.25) is 4.79 Å². The van der Waals surface area contributed by atoms with Crippen LogP contribution in [0.25, 0.3) is 0 Å². The summed E-state index contributed by atoms with van der Waals surface area (Å²) in [5.41, 5.74) is 5.15. The summed E-state index contributed by atoms with van der Waals surface area (Å²) in [6, 6.07) is 22.5. The zero-order valence-corrected chi connectivity index (χ0v) is 24.2. The second kappa shape index (κ2) is 14.9. The van der Waals surface area contributed by atoms with Gasteiger partial charge in [-0.15, -0.1) is 0 Å². The van der Waals surface area contributed by atoms with Gasteiger partial charge in [0.25, 0.3) is 0 Å². The zero-order valence-electron chi connectivity index (χ0n) is 23.4. The average Bonchev–Trinajstić information content (AvgIpc) is 2.99. The lowest BCUT2D eigenvalue weighted by atomic mass is 10.0. The highest BCUT2D eigenvalue weighted by Crippen LogP contribution is 2.29. The maximum absolute atomic E-state index is 12.7. The Hall–Kier alpha value is -5.37. The van der Waals surface area contributed by atoms with E-state index in [2.05, 4.69) is 48.7 Å². The van der Waals surface area contributed by atoms with Gasteiger partial charge in [0, 0.05) is 35.7 Å². The molecule has 0 unspecified atom stereocenters. The van der Waals surface area contributed by atoms with Crippen molar-refractivity contribution in [3.63, 3.8) is 0 Å². The van der Waals surface area contributed by atoms with E-state index in [-0.39, 0.29) is 24.9 Å². The van der Waals surface area contributed by atoms with Crippen LogP contribution in [-0.4, -0.2) is 45.7 Å². The van der Waals surface area contributed by atoms with Crippen molar-refractivity contribution < 1.29 is 32.7 Å². The highest BCUT2D eigenvalue weighted by atomic mass is 35.5. The molecule has 0 atom stereocenters. The fourth-order valence-corrected chi connectivity index (χ4v) is 4.20. The average molecular weight is 642 g/mol. The Bertz CT molecular complexity index is 1670. The molecule has 11 nitrogen and oxygen atoms in total. The summed E-state index contributed by atoms with van der Waals surface area (Å²) >= 11 is 6.34. The molecule has 6 N–H and O–H groups in total. The molecule has 0 radical (unpaired) electrons. The van der Waals surface area contributed by atoms with E-state index in [0.29, 0.717) is 34.6 Å². The lowest BCUT2D eigenvalue weighted by Crippen LogP contribution is -2.31. The molecule has 1 aromatic heterocycles. The second-order valence-corrected chi connectivity index (χ2v) is 9.97. The van der Waals surface area contributed by atoms with E-state index in [4.69, 9.17) is 21.5 Å². The van der Waals surface area contributed by atoms with Gasteiger partial charge in [0.2, 0.25) is 11.9 Å². The number of amides is 3. The number of aromatic nitrogens is 2. The Morgan fingerprint density at radius 2 is 1.64 bits per heavy atom. The zero-order chi connectivity index (χ0) is 32.4. The summed E-state index contributed by atoms with van der Waals surface area (Å²) in [5, 5.41) is 22.4. The molecule has 0 saturated heterocycles. The smallest absolute Gasteiger partial charge is 0.475 e. The predicted molar refractivity (Wildman–Crippen MR) is 164 cm³/mol. The number of aryl methyl sites for hydroxylation is 2. The molecule has 234 valence electrons. The molecule has 1 aliphatic rings. The largest absolute Gasteiger partial charge is 0.490 e. The van der Waals surface area contributed by atoms with E-state index in [1.54, 1.807) is 18.3 Å². The maximum Gasteiger partial charge on any atom is 0.490 e. The quantitative estimate of drug-likeness (QED) is 0.144. The minimum absolute atomic E-state index is 0.134. The number of aliphatic carboxylic acids is 1. The number of carboxylic acids is 1. The van der Waals surface area contributed by atoms with E-state index >= 15 is 0 Å². The molecule has 6 bridgehead atoms. The van der Waals surface area contributed by atoms with Gasteiger partial charge in [-0.2, -0.15) is 18.2 Å². The van der Waals surface area contributed by atoms with Crippen molar-refractivity contribution >= 4 is 64.0 Å². The fourth-order valence-electron chi connectivity index (χ4n) is 4.06.